The van der Waals surface area contributed by atoms with Crippen molar-refractivity contribution in [2.45, 2.75) is 13.0 Å². The highest BCUT2D eigenvalue weighted by Gasteiger charge is 2.07. The molecule has 0 bridgehead atoms. The average molecular weight is 304 g/mol. The SMILES string of the molecule is c1coc(CCn2ccnc2-c2ccc(-n3cccn3)cc2)c1. The van der Waals surface area contributed by atoms with E-state index in [2.05, 4.69) is 26.8 Å². The Kier molecular flexibility index (Phi) is 3.52. The van der Waals surface area contributed by atoms with E-state index in [1.165, 1.54) is 0 Å². The molecule has 0 fully saturated rings. The Morgan fingerprint density at radius 1 is 0.957 bits per heavy atom. The Hall–Kier alpha value is -3.08. The van der Waals surface area contributed by atoms with E-state index in [1.54, 1.807) is 12.5 Å². The molecule has 0 radical (unpaired) electrons. The van der Waals surface area contributed by atoms with Crippen molar-refractivity contribution in [3.05, 3.63) is 79.3 Å². The van der Waals surface area contributed by atoms with Crippen molar-refractivity contribution in [2.24, 2.45) is 0 Å². The minimum absolute atomic E-state index is 0.837. The van der Waals surface area contributed by atoms with Crippen LogP contribution in [0.15, 0.2) is 77.9 Å². The van der Waals surface area contributed by atoms with E-state index >= 15 is 0 Å². The van der Waals surface area contributed by atoms with Gasteiger partial charge in [-0.25, -0.2) is 9.67 Å². The quantitative estimate of drug-likeness (QED) is 0.566. The molecule has 0 unspecified atom stereocenters. The highest BCUT2D eigenvalue weighted by Crippen LogP contribution is 2.20. The average Bonchev–Trinajstić information content (AvgIpc) is 3.34. The van der Waals surface area contributed by atoms with Gasteiger partial charge in [-0.2, -0.15) is 5.10 Å². The van der Waals surface area contributed by atoms with Crippen LogP contribution in [0.25, 0.3) is 17.1 Å². The van der Waals surface area contributed by atoms with Crippen LogP contribution in [0, 0.1) is 0 Å². The van der Waals surface area contributed by atoms with Crippen LogP contribution in [0.3, 0.4) is 0 Å². The summed E-state index contributed by atoms with van der Waals surface area (Å²) >= 11 is 0. The zero-order valence-corrected chi connectivity index (χ0v) is 12.5. The van der Waals surface area contributed by atoms with Gasteiger partial charge in [0.1, 0.15) is 11.6 Å². The standard InChI is InChI=1S/C18H16N4O/c1-3-17(23-14-1)8-12-21-13-10-19-18(21)15-4-6-16(7-5-15)22-11-2-9-20-22/h1-7,9-11,13-14H,8,12H2. The lowest BCUT2D eigenvalue weighted by Crippen LogP contribution is -2.02. The lowest BCUT2D eigenvalue weighted by atomic mass is 10.2. The van der Waals surface area contributed by atoms with Crippen molar-refractivity contribution in [1.29, 1.82) is 0 Å². The van der Waals surface area contributed by atoms with Gasteiger partial charge in [0.05, 0.1) is 12.0 Å². The van der Waals surface area contributed by atoms with Crippen LogP contribution in [0.5, 0.6) is 0 Å². The van der Waals surface area contributed by atoms with Crippen LogP contribution < -0.4 is 0 Å². The summed E-state index contributed by atoms with van der Waals surface area (Å²) in [5, 5.41) is 4.24. The summed E-state index contributed by atoms with van der Waals surface area (Å²) in [6, 6.07) is 14.1. The van der Waals surface area contributed by atoms with E-state index in [0.29, 0.717) is 0 Å². The summed E-state index contributed by atoms with van der Waals surface area (Å²) in [6.07, 6.45) is 10.1. The second-order valence-electron chi connectivity index (χ2n) is 5.27. The number of aryl methyl sites for hydroxylation is 2. The molecule has 4 rings (SSSR count). The molecule has 5 heteroatoms. The van der Waals surface area contributed by atoms with E-state index in [0.717, 1.165) is 35.8 Å². The first-order valence-corrected chi connectivity index (χ1v) is 7.54. The molecule has 0 saturated carbocycles. The monoisotopic (exact) mass is 304 g/mol. The summed E-state index contributed by atoms with van der Waals surface area (Å²) in [7, 11) is 0. The molecule has 5 nitrogen and oxygen atoms in total. The van der Waals surface area contributed by atoms with E-state index in [1.807, 2.05) is 53.6 Å². The number of aromatic nitrogens is 4. The van der Waals surface area contributed by atoms with Crippen molar-refractivity contribution in [3.63, 3.8) is 0 Å². The zero-order valence-electron chi connectivity index (χ0n) is 12.5. The fourth-order valence-electron chi connectivity index (χ4n) is 2.62. The van der Waals surface area contributed by atoms with E-state index in [4.69, 9.17) is 4.42 Å². The van der Waals surface area contributed by atoms with Crippen molar-refractivity contribution in [1.82, 2.24) is 19.3 Å². The van der Waals surface area contributed by atoms with Crippen LogP contribution in [-0.4, -0.2) is 19.3 Å². The Balaban J connectivity index is 1.55. The van der Waals surface area contributed by atoms with Crippen molar-refractivity contribution in [2.75, 3.05) is 0 Å². The van der Waals surface area contributed by atoms with Gasteiger partial charge in [0.25, 0.3) is 0 Å². The maximum absolute atomic E-state index is 5.39. The summed E-state index contributed by atoms with van der Waals surface area (Å²) < 4.78 is 9.38. The first-order valence-electron chi connectivity index (χ1n) is 7.54. The molecule has 0 atom stereocenters. The molecule has 0 aliphatic heterocycles. The number of hydrogen-bond acceptors (Lipinski definition) is 3. The predicted molar refractivity (Wildman–Crippen MR) is 87.2 cm³/mol. The first-order chi connectivity index (χ1) is 11.4. The summed E-state index contributed by atoms with van der Waals surface area (Å²) in [5.74, 6) is 1.95. The second-order valence-corrected chi connectivity index (χ2v) is 5.27. The smallest absolute Gasteiger partial charge is 0.139 e. The number of imidazole rings is 1. The number of furan rings is 1. The zero-order chi connectivity index (χ0) is 15.5. The van der Waals surface area contributed by atoms with Gasteiger partial charge < -0.3 is 8.98 Å². The van der Waals surface area contributed by atoms with Crippen LogP contribution >= 0.6 is 0 Å². The van der Waals surface area contributed by atoms with Gasteiger partial charge in [0.15, 0.2) is 0 Å². The number of benzene rings is 1. The third-order valence-corrected chi connectivity index (χ3v) is 3.79. The highest BCUT2D eigenvalue weighted by atomic mass is 16.3. The maximum atomic E-state index is 5.39. The largest absolute Gasteiger partial charge is 0.469 e. The number of rotatable bonds is 5. The van der Waals surface area contributed by atoms with Crippen molar-refractivity contribution < 1.29 is 4.42 Å². The van der Waals surface area contributed by atoms with Gasteiger partial charge in [-0.1, -0.05) is 0 Å². The molecule has 0 amide bonds. The van der Waals surface area contributed by atoms with Gasteiger partial charge >= 0.3 is 0 Å². The van der Waals surface area contributed by atoms with Crippen molar-refractivity contribution in [3.8, 4) is 17.1 Å². The fourth-order valence-corrected chi connectivity index (χ4v) is 2.62. The summed E-state index contributed by atoms with van der Waals surface area (Å²) in [5.41, 5.74) is 2.12. The summed E-state index contributed by atoms with van der Waals surface area (Å²) in [4.78, 5) is 4.49. The molecule has 0 aliphatic rings. The normalized spacial score (nSPS) is 11.0. The Morgan fingerprint density at radius 3 is 2.61 bits per heavy atom. The topological polar surface area (TPSA) is 48.8 Å². The minimum atomic E-state index is 0.837. The minimum Gasteiger partial charge on any atom is -0.469 e. The third kappa shape index (κ3) is 2.81. The molecule has 114 valence electrons. The van der Waals surface area contributed by atoms with Gasteiger partial charge in [0.2, 0.25) is 0 Å². The lowest BCUT2D eigenvalue weighted by molar-refractivity contribution is 0.492. The fraction of sp³-hybridized carbons (Fsp3) is 0.111. The molecular weight excluding hydrogens is 288 g/mol. The molecule has 1 aromatic carbocycles. The molecule has 0 saturated heterocycles. The first kappa shape index (κ1) is 13.6. The summed E-state index contributed by atoms with van der Waals surface area (Å²) in [6.45, 7) is 0.837. The van der Waals surface area contributed by atoms with Crippen molar-refractivity contribution >= 4 is 0 Å². The Morgan fingerprint density at radius 2 is 1.87 bits per heavy atom. The molecular formula is C18H16N4O. The maximum Gasteiger partial charge on any atom is 0.139 e. The molecule has 0 spiro atoms. The Bertz CT molecular complexity index is 858. The van der Waals surface area contributed by atoms with Gasteiger partial charge in [-0.3, -0.25) is 0 Å². The molecule has 4 aromatic rings. The molecule has 3 heterocycles. The van der Waals surface area contributed by atoms with E-state index in [9.17, 15) is 0 Å². The second kappa shape index (κ2) is 5.96. The van der Waals surface area contributed by atoms with E-state index < -0.39 is 0 Å². The lowest BCUT2D eigenvalue weighted by Gasteiger charge is -2.08. The Labute approximate surface area is 133 Å². The van der Waals surface area contributed by atoms with Crippen LogP contribution in [0.1, 0.15) is 5.76 Å². The van der Waals surface area contributed by atoms with E-state index in [-0.39, 0.29) is 0 Å². The van der Waals surface area contributed by atoms with Crippen LogP contribution in [0.2, 0.25) is 0 Å². The predicted octanol–water partition coefficient (Wildman–Crippen LogP) is 3.57. The van der Waals surface area contributed by atoms with Crippen LogP contribution in [0.4, 0.5) is 0 Å². The number of hydrogen-bond donors (Lipinski definition) is 0. The van der Waals surface area contributed by atoms with Gasteiger partial charge in [-0.15, -0.1) is 0 Å². The highest BCUT2D eigenvalue weighted by molar-refractivity contribution is 5.57. The van der Waals surface area contributed by atoms with Gasteiger partial charge in [-0.05, 0) is 42.5 Å². The molecule has 23 heavy (non-hydrogen) atoms. The third-order valence-electron chi connectivity index (χ3n) is 3.79. The van der Waals surface area contributed by atoms with Crippen LogP contribution in [-0.2, 0) is 13.0 Å². The molecule has 3 aromatic heterocycles. The number of nitrogens with zero attached hydrogens (tertiary/aromatic N) is 4. The molecule has 0 N–H and O–H groups in total. The van der Waals surface area contributed by atoms with Gasteiger partial charge in [0, 0.05) is 43.3 Å². The molecule has 0 aliphatic carbocycles.